The molecule has 2 saturated heterocycles. The number of piperazine rings is 2. The Morgan fingerprint density at radius 3 is 1.60 bits per heavy atom. The van der Waals surface area contributed by atoms with Gasteiger partial charge in [-0.15, -0.1) is 0 Å². The Bertz CT molecular complexity index is 1740. The summed E-state index contributed by atoms with van der Waals surface area (Å²) in [7, 11) is 0. The molecule has 2 fully saturated rings. The summed E-state index contributed by atoms with van der Waals surface area (Å²) < 4.78 is 21.2. The molecule has 0 atom stereocenters. The van der Waals surface area contributed by atoms with Crippen LogP contribution in [0, 0.1) is 13.8 Å². The lowest BCUT2D eigenvalue weighted by Gasteiger charge is -2.35. The number of benzene rings is 2. The average Bonchev–Trinajstić information content (AvgIpc) is 3.79. The van der Waals surface area contributed by atoms with E-state index in [-0.39, 0.29) is 17.8 Å². The largest absolute Gasteiger partial charge is 0.444 e. The third kappa shape index (κ3) is 13.8. The molecule has 6 rings (SSSR count). The fraction of sp³-hybridized carbons (Fsp3) is 0.475. The zero-order valence-corrected chi connectivity index (χ0v) is 32.3. The fourth-order valence-electron chi connectivity index (χ4n) is 5.26. The van der Waals surface area contributed by atoms with Crippen molar-refractivity contribution >= 4 is 18.5 Å². The SMILES string of the molecule is CC(C)(C)OC(=O)N1CCNCC1.Cc1ccc(-c2cc(C=O)no2)cc1.Cc1ccc(-c2cc(CN3CCN(C(=O)OC(C)(C)C)CC3)no2)cc1. The Morgan fingerprint density at radius 1 is 0.698 bits per heavy atom. The van der Waals surface area contributed by atoms with E-state index >= 15 is 0 Å². The molecule has 13 nitrogen and oxygen atoms in total. The summed E-state index contributed by atoms with van der Waals surface area (Å²) in [6, 6.07) is 19.7. The molecule has 0 unspecified atom stereocenters. The highest BCUT2D eigenvalue weighted by molar-refractivity contribution is 5.74. The van der Waals surface area contributed by atoms with Crippen LogP contribution in [0.5, 0.6) is 0 Å². The van der Waals surface area contributed by atoms with Crippen LogP contribution >= 0.6 is 0 Å². The van der Waals surface area contributed by atoms with E-state index in [9.17, 15) is 14.4 Å². The van der Waals surface area contributed by atoms with Crippen LogP contribution in [0.25, 0.3) is 22.6 Å². The lowest BCUT2D eigenvalue weighted by molar-refractivity contribution is 0.0136. The van der Waals surface area contributed by atoms with Crippen LogP contribution in [0.3, 0.4) is 0 Å². The van der Waals surface area contributed by atoms with Crippen LogP contribution in [0.15, 0.2) is 69.7 Å². The van der Waals surface area contributed by atoms with Gasteiger partial charge in [0.25, 0.3) is 0 Å². The van der Waals surface area contributed by atoms with Crippen molar-refractivity contribution in [3.63, 3.8) is 0 Å². The predicted octanol–water partition coefficient (Wildman–Crippen LogP) is 6.99. The summed E-state index contributed by atoms with van der Waals surface area (Å²) in [6.45, 7) is 22.2. The fourth-order valence-corrected chi connectivity index (χ4v) is 5.26. The number of nitrogens with one attached hydrogen (secondary N) is 1. The molecule has 0 saturated carbocycles. The van der Waals surface area contributed by atoms with Crippen molar-refractivity contribution in [3.8, 4) is 22.6 Å². The molecular weight excluding hydrogens is 676 g/mol. The molecule has 286 valence electrons. The average molecular weight is 731 g/mol. The number of aldehydes is 1. The number of aromatic nitrogens is 2. The minimum atomic E-state index is -0.457. The van der Waals surface area contributed by atoms with Crippen LogP contribution in [0.4, 0.5) is 9.59 Å². The molecule has 2 aliphatic heterocycles. The van der Waals surface area contributed by atoms with E-state index in [0.29, 0.717) is 30.8 Å². The molecule has 1 N–H and O–H groups in total. The van der Waals surface area contributed by atoms with Gasteiger partial charge < -0.3 is 33.6 Å². The Labute approximate surface area is 312 Å². The molecule has 4 aromatic rings. The van der Waals surface area contributed by atoms with Crippen molar-refractivity contribution in [2.24, 2.45) is 0 Å². The molecule has 0 radical (unpaired) electrons. The molecule has 0 bridgehead atoms. The van der Waals surface area contributed by atoms with Gasteiger partial charge in [0, 0.05) is 82.2 Å². The molecular formula is C40H54N6O7. The minimum absolute atomic E-state index is 0.200. The molecule has 13 heteroatoms. The number of nitrogens with zero attached hydrogens (tertiary/aromatic N) is 5. The van der Waals surface area contributed by atoms with Gasteiger partial charge in [0.05, 0.1) is 5.69 Å². The van der Waals surface area contributed by atoms with E-state index < -0.39 is 5.60 Å². The molecule has 2 amide bonds. The first kappa shape index (κ1) is 40.8. The maximum absolute atomic E-state index is 12.1. The Kier molecular flexibility index (Phi) is 14.3. The summed E-state index contributed by atoms with van der Waals surface area (Å²) in [4.78, 5) is 39.8. The number of hydrogen-bond donors (Lipinski definition) is 1. The van der Waals surface area contributed by atoms with Crippen molar-refractivity contribution in [1.82, 2.24) is 30.3 Å². The number of amides is 2. The molecule has 0 spiro atoms. The second-order valence-electron chi connectivity index (χ2n) is 15.1. The van der Waals surface area contributed by atoms with Crippen molar-refractivity contribution < 1.29 is 32.9 Å². The highest BCUT2D eigenvalue weighted by atomic mass is 16.6. The van der Waals surface area contributed by atoms with Gasteiger partial charge in [0.1, 0.15) is 16.9 Å². The van der Waals surface area contributed by atoms with E-state index in [0.717, 1.165) is 68.4 Å². The number of aryl methyl sites for hydroxylation is 2. The summed E-state index contributed by atoms with van der Waals surface area (Å²) in [5, 5.41) is 11.0. The molecule has 2 aromatic heterocycles. The van der Waals surface area contributed by atoms with Crippen molar-refractivity contribution in [1.29, 1.82) is 0 Å². The standard InChI is InChI=1S/C20H27N3O3.C11H9NO2.C9H18N2O2/c1-15-5-7-16(8-6-15)18-13-17(21-26-18)14-22-9-11-23(12-10-22)19(24)25-20(2,3)4;1-8-2-4-9(5-3-8)11-6-10(7-13)12-14-11;1-9(2,3)13-8(12)11-6-4-10-5-7-11/h5-8,13H,9-12,14H2,1-4H3;2-7H,1H3;10H,4-7H2,1-3H3. The van der Waals surface area contributed by atoms with Gasteiger partial charge in [-0.05, 0) is 55.4 Å². The normalized spacial score (nSPS) is 15.0. The highest BCUT2D eigenvalue weighted by Crippen LogP contribution is 2.22. The number of carbonyl (C=O) groups is 3. The molecule has 4 heterocycles. The van der Waals surface area contributed by atoms with Gasteiger partial charge in [0.15, 0.2) is 17.8 Å². The highest BCUT2D eigenvalue weighted by Gasteiger charge is 2.26. The van der Waals surface area contributed by atoms with Gasteiger partial charge in [0.2, 0.25) is 0 Å². The molecule has 0 aliphatic carbocycles. The number of rotatable bonds is 5. The second-order valence-corrected chi connectivity index (χ2v) is 15.1. The Morgan fingerprint density at radius 2 is 1.15 bits per heavy atom. The van der Waals surface area contributed by atoms with Gasteiger partial charge in [-0.2, -0.15) is 0 Å². The van der Waals surface area contributed by atoms with Gasteiger partial charge in [-0.1, -0.05) is 70.0 Å². The third-order valence-corrected chi connectivity index (χ3v) is 8.06. The van der Waals surface area contributed by atoms with E-state index in [2.05, 4.69) is 39.6 Å². The zero-order chi connectivity index (χ0) is 38.6. The first-order valence-corrected chi connectivity index (χ1v) is 18.0. The Balaban J connectivity index is 0.000000196. The maximum Gasteiger partial charge on any atom is 0.410 e. The quantitative estimate of drug-likeness (QED) is 0.212. The van der Waals surface area contributed by atoms with Crippen LogP contribution in [-0.2, 0) is 16.0 Å². The van der Waals surface area contributed by atoms with E-state index in [4.69, 9.17) is 18.5 Å². The number of carbonyl (C=O) groups excluding carboxylic acids is 3. The zero-order valence-electron chi connectivity index (χ0n) is 32.3. The lowest BCUT2D eigenvalue weighted by Crippen LogP contribution is -2.49. The Hall–Kier alpha value is -5.01. The summed E-state index contributed by atoms with van der Waals surface area (Å²) in [5.41, 5.74) is 4.75. The summed E-state index contributed by atoms with van der Waals surface area (Å²) in [5.74, 6) is 1.40. The number of ether oxygens (including phenoxy) is 2. The van der Waals surface area contributed by atoms with Crippen LogP contribution in [-0.4, -0.2) is 107 Å². The van der Waals surface area contributed by atoms with Crippen molar-refractivity contribution in [2.75, 3.05) is 52.4 Å². The maximum atomic E-state index is 12.1. The summed E-state index contributed by atoms with van der Waals surface area (Å²) >= 11 is 0. The lowest BCUT2D eigenvalue weighted by atomic mass is 10.1. The van der Waals surface area contributed by atoms with Gasteiger partial charge in [-0.3, -0.25) is 9.69 Å². The first-order valence-electron chi connectivity index (χ1n) is 18.0. The van der Waals surface area contributed by atoms with Gasteiger partial charge in [-0.25, -0.2) is 9.59 Å². The molecule has 2 aliphatic rings. The monoisotopic (exact) mass is 730 g/mol. The summed E-state index contributed by atoms with van der Waals surface area (Å²) in [6.07, 6.45) is 0.232. The van der Waals surface area contributed by atoms with Gasteiger partial charge >= 0.3 is 12.2 Å². The van der Waals surface area contributed by atoms with Crippen LogP contribution < -0.4 is 5.32 Å². The van der Waals surface area contributed by atoms with E-state index in [1.807, 2.05) is 90.9 Å². The molecule has 53 heavy (non-hydrogen) atoms. The predicted molar refractivity (Wildman–Crippen MR) is 203 cm³/mol. The first-order chi connectivity index (χ1) is 25.1. The molecule has 2 aromatic carbocycles. The van der Waals surface area contributed by atoms with E-state index in [1.54, 1.807) is 15.9 Å². The van der Waals surface area contributed by atoms with Crippen molar-refractivity contribution in [3.05, 3.63) is 83.2 Å². The number of hydrogen-bond acceptors (Lipinski definition) is 11. The topological polar surface area (TPSA) is 143 Å². The minimum Gasteiger partial charge on any atom is -0.444 e. The second kappa shape index (κ2) is 18.7. The van der Waals surface area contributed by atoms with Crippen LogP contribution in [0.2, 0.25) is 0 Å². The van der Waals surface area contributed by atoms with E-state index in [1.165, 1.54) is 11.1 Å². The third-order valence-electron chi connectivity index (χ3n) is 8.06. The van der Waals surface area contributed by atoms with Crippen LogP contribution in [0.1, 0.15) is 68.9 Å². The smallest absolute Gasteiger partial charge is 0.410 e. The van der Waals surface area contributed by atoms with Crippen molar-refractivity contribution in [2.45, 2.75) is 73.1 Å².